The quantitative estimate of drug-likeness (QED) is 0.520. The van der Waals surface area contributed by atoms with Gasteiger partial charge in [0.05, 0.1) is 24.2 Å². The van der Waals surface area contributed by atoms with Gasteiger partial charge in [-0.15, -0.1) is 12.4 Å². The summed E-state index contributed by atoms with van der Waals surface area (Å²) in [6, 6.07) is 1.80. The fourth-order valence-corrected chi connectivity index (χ4v) is 2.01. The van der Waals surface area contributed by atoms with E-state index in [9.17, 15) is 20.3 Å². The van der Waals surface area contributed by atoms with E-state index < -0.39 is 28.5 Å². The molecule has 126 valence electrons. The molecule has 0 amide bonds. The van der Waals surface area contributed by atoms with Crippen molar-refractivity contribution in [3.8, 4) is 11.5 Å². The van der Waals surface area contributed by atoms with E-state index in [0.717, 1.165) is 6.42 Å². The van der Waals surface area contributed by atoms with E-state index in [2.05, 4.69) is 0 Å². The molecule has 1 aromatic carbocycles. The molecule has 0 aromatic heterocycles. The van der Waals surface area contributed by atoms with Gasteiger partial charge in [-0.1, -0.05) is 13.8 Å². The van der Waals surface area contributed by atoms with Crippen LogP contribution in [-0.4, -0.2) is 28.4 Å². The molecule has 0 saturated carbocycles. The number of ether oxygens (including phenoxy) is 1. The van der Waals surface area contributed by atoms with E-state index in [1.807, 2.05) is 13.8 Å². The maximum atomic E-state index is 10.9. The van der Waals surface area contributed by atoms with Crippen LogP contribution < -0.4 is 10.5 Å². The van der Waals surface area contributed by atoms with Crippen LogP contribution in [0.2, 0.25) is 0 Å². The first-order chi connectivity index (χ1) is 9.77. The Morgan fingerprint density at radius 3 is 2.41 bits per heavy atom. The number of hydrogen-bond acceptors (Lipinski definition) is 6. The highest BCUT2D eigenvalue weighted by atomic mass is 35.5. The molecular weight excluding hydrogens is 312 g/mol. The summed E-state index contributed by atoms with van der Waals surface area (Å²) in [5, 5.41) is 30.7. The number of nitro groups is 1. The zero-order valence-electron chi connectivity index (χ0n) is 12.9. The number of nitrogens with two attached hydrogens (primary N) is 1. The second kappa shape index (κ2) is 8.77. The third-order valence-electron chi connectivity index (χ3n) is 3.33. The van der Waals surface area contributed by atoms with Crippen molar-refractivity contribution in [1.82, 2.24) is 0 Å². The van der Waals surface area contributed by atoms with Crippen molar-refractivity contribution >= 4 is 18.1 Å². The van der Waals surface area contributed by atoms with Crippen molar-refractivity contribution in [2.75, 3.05) is 7.11 Å². The van der Waals surface area contributed by atoms with E-state index in [4.69, 9.17) is 10.5 Å². The van der Waals surface area contributed by atoms with E-state index >= 15 is 0 Å². The number of nitro benzene ring substituents is 1. The van der Waals surface area contributed by atoms with Gasteiger partial charge in [-0.3, -0.25) is 10.1 Å². The van der Waals surface area contributed by atoms with Gasteiger partial charge in [-0.25, -0.2) is 0 Å². The third kappa shape index (κ3) is 5.01. The predicted octanol–water partition coefficient (Wildman–Crippen LogP) is 2.53. The van der Waals surface area contributed by atoms with Crippen LogP contribution in [0.25, 0.3) is 0 Å². The molecule has 1 aromatic rings. The summed E-state index contributed by atoms with van der Waals surface area (Å²) in [6.45, 7) is 4.07. The van der Waals surface area contributed by atoms with Gasteiger partial charge in [0.15, 0.2) is 5.75 Å². The second-order valence-electron chi connectivity index (χ2n) is 5.41. The zero-order valence-corrected chi connectivity index (χ0v) is 13.7. The number of nitrogens with zero attached hydrogens (tertiary/aromatic N) is 1. The van der Waals surface area contributed by atoms with E-state index in [-0.39, 0.29) is 18.2 Å². The molecule has 0 fully saturated rings. The lowest BCUT2D eigenvalue weighted by molar-refractivity contribution is -0.386. The molecule has 8 heteroatoms. The molecule has 7 nitrogen and oxygen atoms in total. The van der Waals surface area contributed by atoms with Crippen molar-refractivity contribution in [2.45, 2.75) is 38.8 Å². The van der Waals surface area contributed by atoms with Crippen LogP contribution >= 0.6 is 12.4 Å². The number of phenolic OH excluding ortho intramolecular Hbond substituents is 1. The highest BCUT2D eigenvalue weighted by Gasteiger charge is 2.25. The largest absolute Gasteiger partial charge is 0.500 e. The summed E-state index contributed by atoms with van der Waals surface area (Å²) in [5.41, 5.74) is 5.82. The Hall–Kier alpha value is -1.57. The fraction of sp³-hybridized carbons (Fsp3) is 0.571. The second-order valence-corrected chi connectivity index (χ2v) is 5.41. The van der Waals surface area contributed by atoms with Crippen LogP contribution in [0.4, 0.5) is 5.69 Å². The van der Waals surface area contributed by atoms with Crippen molar-refractivity contribution in [3.05, 3.63) is 27.8 Å². The van der Waals surface area contributed by atoms with Gasteiger partial charge in [0.1, 0.15) is 0 Å². The molecule has 0 bridgehead atoms. The van der Waals surface area contributed by atoms with Gasteiger partial charge in [-0.2, -0.15) is 0 Å². The molecule has 0 aliphatic heterocycles. The minimum atomic E-state index is -0.818. The van der Waals surface area contributed by atoms with Gasteiger partial charge in [0.2, 0.25) is 5.75 Å². The van der Waals surface area contributed by atoms with Gasteiger partial charge in [0, 0.05) is 6.07 Å². The number of aliphatic hydroxyl groups excluding tert-OH is 1. The number of benzene rings is 1. The molecular formula is C14H23ClN2O5. The number of rotatable bonds is 7. The van der Waals surface area contributed by atoms with E-state index in [1.54, 1.807) is 0 Å². The van der Waals surface area contributed by atoms with Gasteiger partial charge in [0.25, 0.3) is 0 Å². The highest BCUT2D eigenvalue weighted by Crippen LogP contribution is 2.38. The summed E-state index contributed by atoms with van der Waals surface area (Å²) in [5.74, 6) is -0.156. The van der Waals surface area contributed by atoms with Crippen molar-refractivity contribution in [3.63, 3.8) is 0 Å². The Morgan fingerprint density at radius 1 is 1.36 bits per heavy atom. The van der Waals surface area contributed by atoms with Crippen molar-refractivity contribution < 1.29 is 19.9 Å². The number of aliphatic hydroxyl groups is 1. The van der Waals surface area contributed by atoms with Crippen LogP contribution in [0.3, 0.4) is 0 Å². The average Bonchev–Trinajstić information content (AvgIpc) is 2.43. The molecule has 0 radical (unpaired) electrons. The van der Waals surface area contributed by atoms with Crippen LogP contribution in [0, 0.1) is 16.0 Å². The molecule has 4 N–H and O–H groups in total. The molecule has 0 saturated heterocycles. The number of hydrogen-bond donors (Lipinski definition) is 3. The monoisotopic (exact) mass is 334 g/mol. The molecule has 0 heterocycles. The first kappa shape index (κ1) is 20.4. The van der Waals surface area contributed by atoms with Crippen molar-refractivity contribution in [2.24, 2.45) is 11.7 Å². The standard InChI is InChI=1S/C14H22N2O5.ClH/c1-8(2)4-5-11(17)13(15)9-6-10(16(19)20)14(18)12(7-9)21-3;/h6-8,11,13,17-18H,4-5,15H2,1-3H3;1H/t11-,13+;/m1./s1. The summed E-state index contributed by atoms with van der Waals surface area (Å²) in [7, 11) is 1.29. The molecule has 0 spiro atoms. The maximum absolute atomic E-state index is 10.9. The fourth-order valence-electron chi connectivity index (χ4n) is 2.01. The minimum Gasteiger partial charge on any atom is -0.500 e. The topological polar surface area (TPSA) is 119 Å². The normalized spacial score (nSPS) is 13.4. The summed E-state index contributed by atoms with van der Waals surface area (Å²) < 4.78 is 4.91. The number of methoxy groups -OCH3 is 1. The molecule has 0 aliphatic rings. The number of phenols is 1. The maximum Gasteiger partial charge on any atom is 0.314 e. The molecule has 22 heavy (non-hydrogen) atoms. The highest BCUT2D eigenvalue weighted by molar-refractivity contribution is 5.85. The average molecular weight is 335 g/mol. The van der Waals surface area contributed by atoms with Gasteiger partial charge < -0.3 is 20.7 Å². The predicted molar refractivity (Wildman–Crippen MR) is 85.6 cm³/mol. The van der Waals surface area contributed by atoms with Crippen LogP contribution in [-0.2, 0) is 0 Å². The zero-order chi connectivity index (χ0) is 16.2. The molecule has 1 rings (SSSR count). The van der Waals surface area contributed by atoms with Gasteiger partial charge >= 0.3 is 5.69 Å². The SMILES string of the molecule is COc1cc([C@H](N)[C@H](O)CCC(C)C)cc([N+](=O)[O-])c1O.Cl. The third-order valence-corrected chi connectivity index (χ3v) is 3.33. The Balaban J connectivity index is 0.00000441. The van der Waals surface area contributed by atoms with Gasteiger partial charge in [-0.05, 0) is 30.4 Å². The van der Waals surface area contributed by atoms with E-state index in [1.165, 1.54) is 19.2 Å². The lowest BCUT2D eigenvalue weighted by Crippen LogP contribution is -2.26. The summed E-state index contributed by atoms with van der Waals surface area (Å²) >= 11 is 0. The Labute approximate surface area is 135 Å². The Kier molecular flexibility index (Phi) is 8.15. The summed E-state index contributed by atoms with van der Waals surface area (Å²) in [4.78, 5) is 10.2. The first-order valence-corrected chi connectivity index (χ1v) is 6.76. The minimum absolute atomic E-state index is 0. The van der Waals surface area contributed by atoms with Crippen LogP contribution in [0.1, 0.15) is 38.3 Å². The van der Waals surface area contributed by atoms with Crippen LogP contribution in [0.15, 0.2) is 12.1 Å². The first-order valence-electron chi connectivity index (χ1n) is 6.76. The van der Waals surface area contributed by atoms with Crippen LogP contribution in [0.5, 0.6) is 11.5 Å². The number of halogens is 1. The van der Waals surface area contributed by atoms with Crippen molar-refractivity contribution in [1.29, 1.82) is 0 Å². The lowest BCUT2D eigenvalue weighted by atomic mass is 9.95. The summed E-state index contributed by atoms with van der Waals surface area (Å²) in [6.07, 6.45) is 0.475. The molecule has 2 atom stereocenters. The lowest BCUT2D eigenvalue weighted by Gasteiger charge is -2.20. The molecule has 0 unspecified atom stereocenters. The van der Waals surface area contributed by atoms with E-state index in [0.29, 0.717) is 17.9 Å². The Morgan fingerprint density at radius 2 is 1.95 bits per heavy atom. The smallest absolute Gasteiger partial charge is 0.314 e. The number of aromatic hydroxyl groups is 1. The Bertz CT molecular complexity index is 510. The molecule has 0 aliphatic carbocycles.